The van der Waals surface area contributed by atoms with Gasteiger partial charge in [-0.1, -0.05) is 48.2 Å². The number of alkyl carbamates (subject to hydrolysis) is 1. The minimum absolute atomic E-state index is 0.283. The van der Waals surface area contributed by atoms with E-state index in [1.54, 1.807) is 32.5 Å². The Morgan fingerprint density at radius 3 is 2.47 bits per heavy atom. The molecule has 154 valence electrons. The first-order valence-electron chi connectivity index (χ1n) is 9.57. The molecule has 0 aliphatic carbocycles. The normalized spacial score (nSPS) is 12.4. The van der Waals surface area contributed by atoms with Gasteiger partial charge >= 0.3 is 12.1 Å². The Balaban J connectivity index is 1.57. The number of para-hydroxylation sites is 1. The van der Waals surface area contributed by atoms with E-state index >= 15 is 0 Å². The molecule has 1 amide bonds. The SMILES string of the molecule is CC(C)(C)OC(=O)NCC(=O)Oc1cc2c(c3ccccc13)Nc1ccccc1S2. The van der Waals surface area contributed by atoms with Crippen LogP contribution in [0, 0.1) is 0 Å². The van der Waals surface area contributed by atoms with Gasteiger partial charge in [-0.3, -0.25) is 0 Å². The monoisotopic (exact) mass is 422 g/mol. The molecule has 4 rings (SSSR count). The quantitative estimate of drug-likeness (QED) is 0.336. The van der Waals surface area contributed by atoms with Crippen molar-refractivity contribution in [2.75, 3.05) is 11.9 Å². The first-order valence-corrected chi connectivity index (χ1v) is 10.4. The number of fused-ring (bicyclic) bond motifs is 4. The number of amides is 1. The summed E-state index contributed by atoms with van der Waals surface area (Å²) in [5.74, 6) is -0.117. The molecule has 0 fully saturated rings. The fraction of sp³-hybridized carbons (Fsp3) is 0.217. The number of carbonyl (C=O) groups is 2. The molecule has 3 aromatic carbocycles. The van der Waals surface area contributed by atoms with Crippen molar-refractivity contribution in [1.29, 1.82) is 0 Å². The van der Waals surface area contributed by atoms with Crippen molar-refractivity contribution >= 4 is 46.0 Å². The molecule has 0 spiro atoms. The minimum atomic E-state index is -0.661. The Morgan fingerprint density at radius 1 is 1.00 bits per heavy atom. The second-order valence-electron chi connectivity index (χ2n) is 7.85. The van der Waals surface area contributed by atoms with E-state index in [1.165, 1.54) is 0 Å². The van der Waals surface area contributed by atoms with Crippen LogP contribution in [0.5, 0.6) is 5.75 Å². The minimum Gasteiger partial charge on any atom is -0.444 e. The summed E-state index contributed by atoms with van der Waals surface area (Å²) < 4.78 is 10.8. The molecule has 1 heterocycles. The lowest BCUT2D eigenvalue weighted by atomic mass is 10.1. The third-order valence-electron chi connectivity index (χ3n) is 4.34. The number of nitrogens with one attached hydrogen (secondary N) is 2. The van der Waals surface area contributed by atoms with E-state index in [-0.39, 0.29) is 6.54 Å². The van der Waals surface area contributed by atoms with Gasteiger partial charge in [0, 0.05) is 20.6 Å². The number of rotatable bonds is 3. The molecule has 0 aromatic heterocycles. The number of benzene rings is 3. The van der Waals surface area contributed by atoms with Crippen molar-refractivity contribution in [1.82, 2.24) is 5.32 Å². The van der Waals surface area contributed by atoms with Gasteiger partial charge in [-0.2, -0.15) is 0 Å². The Hall–Kier alpha value is -3.19. The van der Waals surface area contributed by atoms with Crippen LogP contribution in [-0.4, -0.2) is 24.2 Å². The molecular weight excluding hydrogens is 400 g/mol. The molecule has 0 bridgehead atoms. The van der Waals surface area contributed by atoms with Gasteiger partial charge in [-0.05, 0) is 39.0 Å². The predicted octanol–water partition coefficient (Wildman–Crippen LogP) is 5.48. The lowest BCUT2D eigenvalue weighted by Gasteiger charge is -2.23. The Labute approximate surface area is 178 Å². The molecule has 6 nitrogen and oxygen atoms in total. The highest BCUT2D eigenvalue weighted by Gasteiger charge is 2.22. The molecule has 0 saturated heterocycles. The molecular formula is C23H22N2O4S. The van der Waals surface area contributed by atoms with Crippen molar-refractivity contribution in [2.45, 2.75) is 36.2 Å². The van der Waals surface area contributed by atoms with Crippen LogP contribution in [0.1, 0.15) is 20.8 Å². The van der Waals surface area contributed by atoms with Gasteiger partial charge in [0.2, 0.25) is 0 Å². The van der Waals surface area contributed by atoms with Crippen LogP contribution in [-0.2, 0) is 9.53 Å². The molecule has 0 unspecified atom stereocenters. The number of carbonyl (C=O) groups excluding carboxylic acids is 2. The summed E-state index contributed by atoms with van der Waals surface area (Å²) in [6.07, 6.45) is -0.661. The second kappa shape index (κ2) is 7.91. The Kier molecular flexibility index (Phi) is 5.30. The van der Waals surface area contributed by atoms with E-state index in [0.29, 0.717) is 5.75 Å². The Bertz CT molecular complexity index is 1140. The average molecular weight is 423 g/mol. The standard InChI is InChI=1S/C23H22N2O4S/c1-23(2,3)29-22(27)24-13-20(26)28-17-12-19-21(15-9-5-4-8-14(15)17)25-16-10-6-7-11-18(16)30-19/h4-12,25H,13H2,1-3H3,(H,24,27). The molecule has 1 aliphatic rings. The van der Waals surface area contributed by atoms with Gasteiger partial charge in [-0.15, -0.1) is 0 Å². The van der Waals surface area contributed by atoms with E-state index in [1.807, 2.05) is 54.6 Å². The summed E-state index contributed by atoms with van der Waals surface area (Å²) in [6.45, 7) is 4.99. The average Bonchev–Trinajstić information content (AvgIpc) is 2.70. The van der Waals surface area contributed by atoms with E-state index in [0.717, 1.165) is 31.9 Å². The molecule has 1 aliphatic heterocycles. The van der Waals surface area contributed by atoms with Gasteiger partial charge in [0.15, 0.2) is 0 Å². The summed E-state index contributed by atoms with van der Waals surface area (Å²) >= 11 is 1.62. The summed E-state index contributed by atoms with van der Waals surface area (Å²) in [7, 11) is 0. The van der Waals surface area contributed by atoms with E-state index in [2.05, 4.69) is 10.6 Å². The number of ether oxygens (including phenoxy) is 2. The fourth-order valence-corrected chi connectivity index (χ4v) is 4.18. The van der Waals surface area contributed by atoms with Gasteiger partial charge < -0.3 is 20.1 Å². The zero-order chi connectivity index (χ0) is 21.3. The van der Waals surface area contributed by atoms with Crippen molar-refractivity contribution in [3.63, 3.8) is 0 Å². The van der Waals surface area contributed by atoms with Gasteiger partial charge in [0.25, 0.3) is 0 Å². The highest BCUT2D eigenvalue weighted by atomic mass is 32.2. The van der Waals surface area contributed by atoms with Gasteiger partial charge in [0.1, 0.15) is 17.9 Å². The largest absolute Gasteiger partial charge is 0.444 e. The Morgan fingerprint density at radius 2 is 1.70 bits per heavy atom. The van der Waals surface area contributed by atoms with E-state index < -0.39 is 17.7 Å². The number of hydrogen-bond acceptors (Lipinski definition) is 6. The molecule has 30 heavy (non-hydrogen) atoms. The predicted molar refractivity (Wildman–Crippen MR) is 118 cm³/mol. The van der Waals surface area contributed by atoms with Gasteiger partial charge in [0.05, 0.1) is 11.4 Å². The zero-order valence-electron chi connectivity index (χ0n) is 16.9. The number of anilines is 2. The molecule has 7 heteroatoms. The lowest BCUT2D eigenvalue weighted by Crippen LogP contribution is -2.36. The lowest BCUT2D eigenvalue weighted by molar-refractivity contribution is -0.133. The van der Waals surface area contributed by atoms with Crippen molar-refractivity contribution in [3.8, 4) is 5.75 Å². The van der Waals surface area contributed by atoms with Crippen molar-refractivity contribution in [3.05, 3.63) is 54.6 Å². The zero-order valence-corrected chi connectivity index (χ0v) is 17.8. The first-order chi connectivity index (χ1) is 14.3. The van der Waals surface area contributed by atoms with Crippen LogP contribution >= 0.6 is 11.8 Å². The summed E-state index contributed by atoms with van der Waals surface area (Å²) in [6, 6.07) is 17.7. The molecule has 3 aromatic rings. The maximum Gasteiger partial charge on any atom is 0.408 e. The van der Waals surface area contributed by atoms with Crippen LogP contribution in [0.2, 0.25) is 0 Å². The summed E-state index contributed by atoms with van der Waals surface area (Å²) in [4.78, 5) is 26.2. The van der Waals surface area contributed by atoms with Crippen molar-refractivity contribution in [2.24, 2.45) is 0 Å². The molecule has 0 radical (unpaired) electrons. The van der Waals surface area contributed by atoms with Crippen LogP contribution < -0.4 is 15.4 Å². The second-order valence-corrected chi connectivity index (χ2v) is 8.93. The highest BCUT2D eigenvalue weighted by molar-refractivity contribution is 7.99. The number of esters is 1. The summed E-state index contributed by atoms with van der Waals surface area (Å²) in [5, 5.41) is 7.69. The van der Waals surface area contributed by atoms with Gasteiger partial charge in [-0.25, -0.2) is 9.59 Å². The van der Waals surface area contributed by atoms with E-state index in [4.69, 9.17) is 9.47 Å². The molecule has 0 atom stereocenters. The highest BCUT2D eigenvalue weighted by Crippen LogP contribution is 2.49. The maximum atomic E-state index is 12.4. The van der Waals surface area contributed by atoms with Crippen molar-refractivity contribution < 1.29 is 19.1 Å². The van der Waals surface area contributed by atoms with Crippen LogP contribution in [0.25, 0.3) is 10.8 Å². The van der Waals surface area contributed by atoms with Crippen LogP contribution in [0.4, 0.5) is 16.2 Å². The maximum absolute atomic E-state index is 12.4. The summed E-state index contributed by atoms with van der Waals surface area (Å²) in [5.41, 5.74) is 1.40. The van der Waals surface area contributed by atoms with Crippen LogP contribution in [0.3, 0.4) is 0 Å². The fourth-order valence-electron chi connectivity index (χ4n) is 3.14. The third kappa shape index (κ3) is 4.36. The van der Waals surface area contributed by atoms with Crippen LogP contribution in [0.15, 0.2) is 64.4 Å². The van der Waals surface area contributed by atoms with E-state index in [9.17, 15) is 9.59 Å². The molecule has 2 N–H and O–H groups in total. The third-order valence-corrected chi connectivity index (χ3v) is 5.45. The smallest absolute Gasteiger partial charge is 0.408 e. The molecule has 0 saturated carbocycles. The topological polar surface area (TPSA) is 76.7 Å². The number of hydrogen-bond donors (Lipinski definition) is 2. The first kappa shape index (κ1) is 20.1.